The standard InChI is InChI=1S/C10H8N2O2S2.V/c13-11-7-3-1-5-9(11)15-16-10-6-2-4-8-12(10)14;/h1-8H;. The second kappa shape index (κ2) is 6.81. The molecule has 2 rings (SSSR count). The molecule has 0 spiro atoms. The van der Waals surface area contributed by atoms with Gasteiger partial charge in [0.25, 0.3) is 10.1 Å². The van der Waals surface area contributed by atoms with Crippen LogP contribution in [0.15, 0.2) is 58.8 Å². The zero-order valence-electron chi connectivity index (χ0n) is 8.59. The van der Waals surface area contributed by atoms with Crippen molar-refractivity contribution in [2.45, 2.75) is 10.1 Å². The molecule has 87 valence electrons. The zero-order valence-corrected chi connectivity index (χ0v) is 11.6. The molecule has 1 radical (unpaired) electrons. The van der Waals surface area contributed by atoms with Crippen molar-refractivity contribution in [1.82, 2.24) is 0 Å². The van der Waals surface area contributed by atoms with E-state index in [-0.39, 0.29) is 18.6 Å². The van der Waals surface area contributed by atoms with Crippen LogP contribution in [-0.4, -0.2) is 0 Å². The SMILES string of the molecule is [O-][n+]1ccccc1SSc1cccc[n+]1[O-].[V]. The third kappa shape index (κ3) is 3.85. The van der Waals surface area contributed by atoms with Crippen molar-refractivity contribution in [3.05, 3.63) is 59.2 Å². The fraction of sp³-hybridized carbons (Fsp3) is 0. The van der Waals surface area contributed by atoms with Gasteiger partial charge < -0.3 is 10.4 Å². The molecule has 0 saturated carbocycles. The normalized spacial score (nSPS) is 9.65. The summed E-state index contributed by atoms with van der Waals surface area (Å²) in [5.74, 6) is 0. The third-order valence-corrected chi connectivity index (χ3v) is 4.12. The first kappa shape index (κ1) is 14.2. The second-order valence-electron chi connectivity index (χ2n) is 2.90. The van der Waals surface area contributed by atoms with Gasteiger partial charge in [-0.1, -0.05) is 0 Å². The summed E-state index contributed by atoms with van der Waals surface area (Å²) in [5, 5.41) is 23.8. The van der Waals surface area contributed by atoms with Crippen LogP contribution in [0.5, 0.6) is 0 Å². The summed E-state index contributed by atoms with van der Waals surface area (Å²) >= 11 is 0. The van der Waals surface area contributed by atoms with E-state index < -0.39 is 0 Å². The van der Waals surface area contributed by atoms with E-state index in [1.807, 2.05) is 0 Å². The summed E-state index contributed by atoms with van der Waals surface area (Å²) in [7, 11) is 2.52. The first-order chi connectivity index (χ1) is 7.77. The van der Waals surface area contributed by atoms with E-state index in [2.05, 4.69) is 0 Å². The van der Waals surface area contributed by atoms with Crippen LogP contribution in [0.4, 0.5) is 0 Å². The summed E-state index contributed by atoms with van der Waals surface area (Å²) in [4.78, 5) is 0. The predicted molar refractivity (Wildman–Crippen MR) is 62.5 cm³/mol. The summed E-state index contributed by atoms with van der Waals surface area (Å²) < 4.78 is 1.55. The van der Waals surface area contributed by atoms with E-state index >= 15 is 0 Å². The van der Waals surface area contributed by atoms with Gasteiger partial charge in [-0.25, -0.2) is 0 Å². The average molecular weight is 303 g/mol. The van der Waals surface area contributed by atoms with Gasteiger partial charge in [-0.15, -0.1) is 0 Å². The van der Waals surface area contributed by atoms with Crippen LogP contribution >= 0.6 is 21.6 Å². The monoisotopic (exact) mass is 303 g/mol. The molecule has 0 aliphatic heterocycles. The number of hydrogen-bond acceptors (Lipinski definition) is 4. The molecule has 2 heterocycles. The van der Waals surface area contributed by atoms with E-state index in [9.17, 15) is 10.4 Å². The largest absolute Gasteiger partial charge is 0.618 e. The fourth-order valence-electron chi connectivity index (χ4n) is 1.04. The van der Waals surface area contributed by atoms with Crippen LogP contribution in [0.3, 0.4) is 0 Å². The molecule has 2 aromatic rings. The van der Waals surface area contributed by atoms with E-state index in [1.165, 1.54) is 34.0 Å². The van der Waals surface area contributed by atoms with Crippen molar-refractivity contribution >= 4 is 21.6 Å². The van der Waals surface area contributed by atoms with Gasteiger partial charge in [0.15, 0.2) is 12.4 Å². The molecule has 0 saturated heterocycles. The Morgan fingerprint density at radius 3 is 1.53 bits per heavy atom. The summed E-state index contributed by atoms with van der Waals surface area (Å²) in [6, 6.07) is 10.3. The Hall–Kier alpha value is -0.816. The molecule has 2 aromatic heterocycles. The van der Waals surface area contributed by atoms with Crippen LogP contribution in [0.1, 0.15) is 0 Å². The topological polar surface area (TPSA) is 53.9 Å². The molecule has 17 heavy (non-hydrogen) atoms. The molecule has 0 aliphatic carbocycles. The van der Waals surface area contributed by atoms with Gasteiger partial charge in [-0.2, -0.15) is 9.46 Å². The maximum atomic E-state index is 11.3. The minimum Gasteiger partial charge on any atom is -0.618 e. The number of pyridine rings is 2. The quantitative estimate of drug-likeness (QED) is 0.492. The van der Waals surface area contributed by atoms with Crippen molar-refractivity contribution in [2.75, 3.05) is 0 Å². The minimum atomic E-state index is 0. The molecule has 0 unspecified atom stereocenters. The van der Waals surface area contributed by atoms with Gasteiger partial charge in [0, 0.05) is 64.4 Å². The Bertz CT molecular complexity index is 454. The molecular formula is C10H8N2O2S2V. The molecule has 0 aliphatic rings. The van der Waals surface area contributed by atoms with Crippen LogP contribution in [0.2, 0.25) is 0 Å². The zero-order chi connectivity index (χ0) is 11.4. The molecule has 0 amide bonds. The first-order valence-electron chi connectivity index (χ1n) is 4.48. The molecule has 7 heteroatoms. The number of nitrogens with zero attached hydrogens (tertiary/aromatic N) is 2. The van der Waals surface area contributed by atoms with Gasteiger partial charge in [0.1, 0.15) is 0 Å². The van der Waals surface area contributed by atoms with E-state index in [1.54, 1.807) is 36.4 Å². The molecule has 4 nitrogen and oxygen atoms in total. The van der Waals surface area contributed by atoms with E-state index in [4.69, 9.17) is 0 Å². The van der Waals surface area contributed by atoms with Crippen molar-refractivity contribution in [2.24, 2.45) is 0 Å². The minimum absolute atomic E-state index is 0. The smallest absolute Gasteiger partial charge is 0.262 e. The second-order valence-corrected chi connectivity index (χ2v) is 5.07. The van der Waals surface area contributed by atoms with Crippen LogP contribution in [-0.2, 0) is 18.6 Å². The van der Waals surface area contributed by atoms with E-state index in [0.717, 1.165) is 9.46 Å². The van der Waals surface area contributed by atoms with Crippen LogP contribution < -0.4 is 9.46 Å². The molecule has 0 fully saturated rings. The Labute approximate surface area is 118 Å². The van der Waals surface area contributed by atoms with Gasteiger partial charge in [0.2, 0.25) is 0 Å². The molecular weight excluding hydrogens is 295 g/mol. The summed E-state index contributed by atoms with van der Waals surface area (Å²) in [5.41, 5.74) is 0. The molecule has 0 atom stereocenters. The van der Waals surface area contributed by atoms with Gasteiger partial charge in [-0.05, 0) is 12.1 Å². The Morgan fingerprint density at radius 2 is 1.18 bits per heavy atom. The van der Waals surface area contributed by atoms with Crippen molar-refractivity contribution in [1.29, 1.82) is 0 Å². The molecule has 0 aromatic carbocycles. The van der Waals surface area contributed by atoms with Gasteiger partial charge in [0.05, 0.1) is 0 Å². The third-order valence-electron chi connectivity index (χ3n) is 1.79. The van der Waals surface area contributed by atoms with Crippen molar-refractivity contribution in [3.8, 4) is 0 Å². The predicted octanol–water partition coefficient (Wildman–Crippen LogP) is 1.75. The Kier molecular flexibility index (Phi) is 5.70. The number of hydrogen-bond donors (Lipinski definition) is 0. The Morgan fingerprint density at radius 1 is 0.765 bits per heavy atom. The maximum Gasteiger partial charge on any atom is 0.262 e. The average Bonchev–Trinajstić information content (AvgIpc) is 2.30. The molecule has 0 N–H and O–H groups in total. The summed E-state index contributed by atoms with van der Waals surface area (Å²) in [6.07, 6.45) is 2.86. The number of rotatable bonds is 3. The van der Waals surface area contributed by atoms with E-state index in [0.29, 0.717) is 10.1 Å². The van der Waals surface area contributed by atoms with Crippen molar-refractivity contribution in [3.63, 3.8) is 0 Å². The number of aromatic nitrogens is 2. The van der Waals surface area contributed by atoms with Gasteiger partial charge in [-0.3, -0.25) is 0 Å². The van der Waals surface area contributed by atoms with Crippen molar-refractivity contribution < 1.29 is 28.0 Å². The summed E-state index contributed by atoms with van der Waals surface area (Å²) in [6.45, 7) is 0. The maximum absolute atomic E-state index is 11.3. The van der Waals surface area contributed by atoms with Crippen LogP contribution in [0.25, 0.3) is 0 Å². The fourth-order valence-corrected chi connectivity index (χ4v) is 3.03. The Balaban J connectivity index is 0.00000144. The van der Waals surface area contributed by atoms with Gasteiger partial charge >= 0.3 is 0 Å². The molecule has 0 bridgehead atoms. The van der Waals surface area contributed by atoms with Crippen LogP contribution in [0, 0.1) is 10.4 Å². The first-order valence-corrected chi connectivity index (χ1v) is 6.63.